The number of carbonyl (C=O) groups excluding carboxylic acids is 1. The van der Waals surface area contributed by atoms with Gasteiger partial charge in [-0.05, 0) is 19.8 Å². The lowest BCUT2D eigenvalue weighted by Gasteiger charge is -2.28. The minimum absolute atomic E-state index is 0.00169. The Kier molecular flexibility index (Phi) is 7.44. The summed E-state index contributed by atoms with van der Waals surface area (Å²) < 4.78 is 6.34. The highest BCUT2D eigenvalue weighted by molar-refractivity contribution is 5.72. The lowest BCUT2D eigenvalue weighted by atomic mass is 10.00. The third kappa shape index (κ3) is 8.19. The summed E-state index contributed by atoms with van der Waals surface area (Å²) in [5, 5.41) is 0. The molecule has 0 aliphatic carbocycles. The molecule has 102 valence electrons. The quantitative estimate of drug-likeness (QED) is 0.485. The van der Waals surface area contributed by atoms with Gasteiger partial charge >= 0.3 is 5.97 Å². The second-order valence-corrected chi connectivity index (χ2v) is 5.97. The molecule has 0 amide bonds. The van der Waals surface area contributed by atoms with Gasteiger partial charge in [-0.2, -0.15) is 0 Å². The average molecular weight is 244 g/mol. The molecular weight excluding hydrogens is 214 g/mol. The van der Waals surface area contributed by atoms with Gasteiger partial charge in [0.15, 0.2) is 0 Å². The first-order valence-corrected chi connectivity index (χ1v) is 6.81. The van der Waals surface area contributed by atoms with E-state index < -0.39 is 0 Å². The Morgan fingerprint density at radius 3 is 2.24 bits per heavy atom. The Labute approximate surface area is 107 Å². The molecule has 0 N–H and O–H groups in total. The number of unbranched alkanes of at least 4 members (excludes halogenated alkanes) is 1. The molecule has 0 heterocycles. The van der Waals surface area contributed by atoms with Crippen LogP contribution in [0.3, 0.4) is 0 Å². The Balaban J connectivity index is 4.12. The van der Waals surface area contributed by atoms with Crippen molar-refractivity contribution >= 4 is 5.97 Å². The minimum atomic E-state index is -0.0121. The number of nitrogens with zero attached hydrogens (tertiary/aromatic N) is 1. The first kappa shape index (κ1) is 16.4. The third-order valence-corrected chi connectivity index (χ3v) is 2.85. The molecule has 3 heteroatoms. The van der Waals surface area contributed by atoms with Gasteiger partial charge in [0.25, 0.3) is 0 Å². The van der Waals surface area contributed by atoms with Gasteiger partial charge in [0, 0.05) is 0 Å². The van der Waals surface area contributed by atoms with Gasteiger partial charge < -0.3 is 9.22 Å². The fourth-order valence-corrected chi connectivity index (χ4v) is 2.04. The molecule has 0 fully saturated rings. The van der Waals surface area contributed by atoms with Crippen molar-refractivity contribution in [1.29, 1.82) is 0 Å². The van der Waals surface area contributed by atoms with E-state index in [1.807, 2.05) is 6.92 Å². The van der Waals surface area contributed by atoms with E-state index >= 15 is 0 Å². The van der Waals surface area contributed by atoms with Gasteiger partial charge in [0.1, 0.15) is 12.6 Å². The van der Waals surface area contributed by atoms with E-state index in [9.17, 15) is 4.79 Å². The highest BCUT2D eigenvalue weighted by Gasteiger charge is 2.22. The van der Waals surface area contributed by atoms with E-state index in [0.29, 0.717) is 0 Å². The number of hydrogen-bond acceptors (Lipinski definition) is 2. The molecule has 0 aliphatic rings. The number of esters is 1. The largest absolute Gasteiger partial charge is 0.456 e. The van der Waals surface area contributed by atoms with Crippen LogP contribution in [0, 0.1) is 5.92 Å². The summed E-state index contributed by atoms with van der Waals surface area (Å²) >= 11 is 0. The van der Waals surface area contributed by atoms with Crippen LogP contribution in [0.4, 0.5) is 0 Å². The third-order valence-electron chi connectivity index (χ3n) is 2.85. The molecular formula is C14H30NO2+. The van der Waals surface area contributed by atoms with Crippen LogP contribution in [0.1, 0.15) is 46.5 Å². The monoisotopic (exact) mass is 244 g/mol. The van der Waals surface area contributed by atoms with Crippen LogP contribution in [-0.4, -0.2) is 44.2 Å². The van der Waals surface area contributed by atoms with Gasteiger partial charge in [0.2, 0.25) is 0 Å². The maximum Gasteiger partial charge on any atom is 0.309 e. The number of ether oxygens (including phenoxy) is 1. The van der Waals surface area contributed by atoms with Crippen LogP contribution in [0.15, 0.2) is 0 Å². The number of rotatable bonds is 8. The molecule has 2 atom stereocenters. The highest BCUT2D eigenvalue weighted by Crippen LogP contribution is 2.15. The standard InChI is InChI=1S/C14H30NO2/c1-7-9-10-13(8-2)14(16)17-12(3)11-15(4,5)6/h12-13H,7-11H2,1-6H3/q+1. The molecule has 17 heavy (non-hydrogen) atoms. The molecule has 0 aliphatic heterocycles. The number of likely N-dealkylation sites (N-methyl/N-ethyl adjacent to an activating group) is 1. The molecule has 0 saturated heterocycles. The predicted octanol–water partition coefficient (Wildman–Crippen LogP) is 2.84. The summed E-state index contributed by atoms with van der Waals surface area (Å²) in [5.41, 5.74) is 0. The van der Waals surface area contributed by atoms with Crippen molar-refractivity contribution in [3.05, 3.63) is 0 Å². The summed E-state index contributed by atoms with van der Waals surface area (Å²) in [6, 6.07) is 0. The number of quaternary nitrogens is 1. The van der Waals surface area contributed by atoms with E-state index in [0.717, 1.165) is 36.7 Å². The van der Waals surface area contributed by atoms with Gasteiger partial charge in [-0.3, -0.25) is 4.79 Å². The van der Waals surface area contributed by atoms with Crippen LogP contribution in [-0.2, 0) is 9.53 Å². The van der Waals surface area contributed by atoms with Crippen molar-refractivity contribution in [2.75, 3.05) is 27.7 Å². The topological polar surface area (TPSA) is 26.3 Å². The fourth-order valence-electron chi connectivity index (χ4n) is 2.04. The summed E-state index contributed by atoms with van der Waals surface area (Å²) in [6.07, 6.45) is 4.09. The summed E-state index contributed by atoms with van der Waals surface area (Å²) in [5.74, 6) is 0.0757. The van der Waals surface area contributed by atoms with Gasteiger partial charge in [0.05, 0.1) is 27.1 Å². The van der Waals surface area contributed by atoms with Crippen LogP contribution in [0.5, 0.6) is 0 Å². The Morgan fingerprint density at radius 2 is 1.82 bits per heavy atom. The van der Waals surface area contributed by atoms with Gasteiger partial charge in [-0.15, -0.1) is 0 Å². The van der Waals surface area contributed by atoms with Crippen molar-refractivity contribution in [3.63, 3.8) is 0 Å². The molecule has 0 radical (unpaired) electrons. The lowest BCUT2D eigenvalue weighted by Crippen LogP contribution is -2.42. The van der Waals surface area contributed by atoms with E-state index in [1.165, 1.54) is 0 Å². The lowest BCUT2D eigenvalue weighted by molar-refractivity contribution is -0.873. The van der Waals surface area contributed by atoms with Gasteiger partial charge in [-0.25, -0.2) is 0 Å². The molecule has 0 spiro atoms. The predicted molar refractivity (Wildman–Crippen MR) is 71.8 cm³/mol. The van der Waals surface area contributed by atoms with E-state index in [2.05, 4.69) is 35.0 Å². The van der Waals surface area contributed by atoms with Crippen LogP contribution >= 0.6 is 0 Å². The normalized spacial score (nSPS) is 15.4. The smallest absolute Gasteiger partial charge is 0.309 e. The van der Waals surface area contributed by atoms with Crippen LogP contribution < -0.4 is 0 Å². The summed E-state index contributed by atoms with van der Waals surface area (Å²) in [6.45, 7) is 7.05. The van der Waals surface area contributed by atoms with Crippen LogP contribution in [0.2, 0.25) is 0 Å². The molecule has 0 aromatic carbocycles. The maximum absolute atomic E-state index is 11.9. The molecule has 0 aromatic rings. The number of carbonyl (C=O) groups is 1. The van der Waals surface area contributed by atoms with Crippen molar-refractivity contribution in [2.24, 2.45) is 5.92 Å². The van der Waals surface area contributed by atoms with Crippen LogP contribution in [0.25, 0.3) is 0 Å². The molecule has 3 nitrogen and oxygen atoms in total. The summed E-state index contributed by atoms with van der Waals surface area (Å²) in [7, 11) is 6.33. The fraction of sp³-hybridized carbons (Fsp3) is 0.929. The SMILES string of the molecule is CCCCC(CC)C(=O)OC(C)C[N+](C)(C)C. The second kappa shape index (κ2) is 7.70. The van der Waals surface area contributed by atoms with Crippen molar-refractivity contribution in [1.82, 2.24) is 0 Å². The molecule has 2 unspecified atom stereocenters. The zero-order chi connectivity index (χ0) is 13.5. The number of hydrogen-bond donors (Lipinski definition) is 0. The highest BCUT2D eigenvalue weighted by atomic mass is 16.5. The van der Waals surface area contributed by atoms with Gasteiger partial charge in [-0.1, -0.05) is 26.7 Å². The second-order valence-electron chi connectivity index (χ2n) is 5.97. The maximum atomic E-state index is 11.9. The Hall–Kier alpha value is -0.570. The minimum Gasteiger partial charge on any atom is -0.456 e. The zero-order valence-corrected chi connectivity index (χ0v) is 12.5. The van der Waals surface area contributed by atoms with E-state index in [1.54, 1.807) is 0 Å². The van der Waals surface area contributed by atoms with Crippen molar-refractivity contribution in [3.8, 4) is 0 Å². The first-order chi connectivity index (χ1) is 7.80. The van der Waals surface area contributed by atoms with E-state index in [-0.39, 0.29) is 18.0 Å². The Morgan fingerprint density at radius 1 is 1.24 bits per heavy atom. The Bertz CT molecular complexity index is 221. The molecule has 0 bridgehead atoms. The zero-order valence-electron chi connectivity index (χ0n) is 12.5. The van der Waals surface area contributed by atoms with Crippen molar-refractivity contribution in [2.45, 2.75) is 52.6 Å². The molecule has 0 saturated carbocycles. The molecule has 0 aromatic heterocycles. The first-order valence-electron chi connectivity index (χ1n) is 6.81. The van der Waals surface area contributed by atoms with E-state index in [4.69, 9.17) is 4.74 Å². The summed E-state index contributed by atoms with van der Waals surface area (Å²) in [4.78, 5) is 11.9. The van der Waals surface area contributed by atoms with Crippen molar-refractivity contribution < 1.29 is 14.0 Å². The molecule has 0 rings (SSSR count). The average Bonchev–Trinajstić information content (AvgIpc) is 2.15.